The van der Waals surface area contributed by atoms with Gasteiger partial charge in [-0.15, -0.1) is 0 Å². The van der Waals surface area contributed by atoms with Gasteiger partial charge < -0.3 is 14.0 Å². The van der Waals surface area contributed by atoms with Gasteiger partial charge in [0.25, 0.3) is 0 Å². The van der Waals surface area contributed by atoms with Crippen LogP contribution in [0.1, 0.15) is 20.8 Å². The molecule has 0 aromatic rings. The Kier molecular flexibility index (Phi) is 3.41. The van der Waals surface area contributed by atoms with E-state index in [1.165, 1.54) is 0 Å². The Bertz CT molecular complexity index is 121. The zero-order valence-electron chi connectivity index (χ0n) is 5.96. The molecule has 0 radical (unpaired) electrons. The van der Waals surface area contributed by atoms with Crippen molar-refractivity contribution in [2.45, 2.75) is 26.4 Å². The summed E-state index contributed by atoms with van der Waals surface area (Å²) < 4.78 is 15.2. The first-order chi connectivity index (χ1) is 4.00. The van der Waals surface area contributed by atoms with E-state index in [1.807, 2.05) is 0 Å². The first-order valence-electron chi connectivity index (χ1n) is 2.96. The van der Waals surface area contributed by atoms with Gasteiger partial charge in [0.2, 0.25) is 0 Å². The topological polar surface area (TPSA) is 49.4 Å². The van der Waals surface area contributed by atoms with Crippen LogP contribution < -0.4 is 4.89 Å². The van der Waals surface area contributed by atoms with Crippen LogP contribution in [0.25, 0.3) is 0 Å². The molecule has 0 amide bonds. The minimum Gasteiger partial charge on any atom is -0.778 e. The van der Waals surface area contributed by atoms with Crippen LogP contribution in [0.5, 0.6) is 0 Å². The molecule has 0 aromatic heterocycles. The number of hydrogen-bond donors (Lipinski definition) is 0. The molecule has 9 heavy (non-hydrogen) atoms. The largest absolute Gasteiger partial charge is 0.778 e. The summed E-state index contributed by atoms with van der Waals surface area (Å²) in [5.74, 6) is 0. The summed E-state index contributed by atoms with van der Waals surface area (Å²) in [5, 5.41) is 0. The second kappa shape index (κ2) is 3.35. The van der Waals surface area contributed by atoms with Crippen molar-refractivity contribution in [1.29, 1.82) is 0 Å². The van der Waals surface area contributed by atoms with Crippen LogP contribution in [0, 0.1) is 0 Å². The highest BCUT2D eigenvalue weighted by Gasteiger charge is 2.11. The Morgan fingerprint density at radius 2 is 2.11 bits per heavy atom. The maximum atomic E-state index is 10.7. The molecule has 0 heterocycles. The zero-order chi connectivity index (χ0) is 7.49. The minimum atomic E-state index is -3.51. The number of hydrogen-bond acceptors (Lipinski definition) is 3. The summed E-state index contributed by atoms with van der Waals surface area (Å²) in [6, 6.07) is 0. The predicted octanol–water partition coefficient (Wildman–Crippen LogP) is 0.985. The third-order valence-corrected chi connectivity index (χ3v) is 2.82. The van der Waals surface area contributed by atoms with Gasteiger partial charge >= 0.3 is 0 Å². The summed E-state index contributed by atoms with van der Waals surface area (Å²) in [4.78, 5) is 10.7. The van der Waals surface area contributed by atoms with Crippen LogP contribution in [0.2, 0.25) is 0 Å². The Hall–Kier alpha value is 0.150. The molecule has 0 spiro atoms. The smallest absolute Gasteiger partial charge is 0.137 e. The summed E-state index contributed by atoms with van der Waals surface area (Å²) in [5.41, 5.74) is -0.405. The molecule has 1 unspecified atom stereocenters. The normalized spacial score (nSPS) is 17.9. The highest BCUT2D eigenvalue weighted by Crippen LogP contribution is 2.41. The Balaban J connectivity index is 3.87. The Morgan fingerprint density at radius 1 is 1.67 bits per heavy atom. The standard InChI is InChI=1S/C5H13O3P/c1-4-8-9(6,7)5(2)3/h5H,4H2,1-3H3,(H,6,7)/p-1. The highest BCUT2D eigenvalue weighted by molar-refractivity contribution is 7.52. The lowest BCUT2D eigenvalue weighted by Gasteiger charge is -2.25. The molecule has 0 rings (SSSR count). The van der Waals surface area contributed by atoms with Gasteiger partial charge in [-0.05, 0) is 6.92 Å². The van der Waals surface area contributed by atoms with E-state index in [-0.39, 0.29) is 6.61 Å². The van der Waals surface area contributed by atoms with E-state index in [9.17, 15) is 9.46 Å². The molecule has 4 heteroatoms. The van der Waals surface area contributed by atoms with E-state index < -0.39 is 13.3 Å². The van der Waals surface area contributed by atoms with Gasteiger partial charge in [0.1, 0.15) is 7.60 Å². The monoisotopic (exact) mass is 151 g/mol. The SMILES string of the molecule is CCOP(=O)([O-])C(C)C. The van der Waals surface area contributed by atoms with Crippen LogP contribution >= 0.6 is 7.60 Å². The van der Waals surface area contributed by atoms with Crippen LogP contribution in [0.4, 0.5) is 0 Å². The fourth-order valence-corrected chi connectivity index (χ4v) is 0.987. The first-order valence-corrected chi connectivity index (χ1v) is 4.57. The van der Waals surface area contributed by atoms with Crippen LogP contribution in [-0.4, -0.2) is 12.3 Å². The molecule has 0 aliphatic heterocycles. The molecule has 0 aromatic carbocycles. The lowest BCUT2D eigenvalue weighted by Crippen LogP contribution is -2.13. The summed E-state index contributed by atoms with van der Waals surface area (Å²) >= 11 is 0. The molecule has 0 bridgehead atoms. The Labute approximate surface area is 55.6 Å². The molecule has 0 N–H and O–H groups in total. The van der Waals surface area contributed by atoms with Gasteiger partial charge in [-0.2, -0.15) is 0 Å². The molecule has 0 fully saturated rings. The fraction of sp³-hybridized carbons (Fsp3) is 1.00. The van der Waals surface area contributed by atoms with Crippen molar-refractivity contribution in [3.8, 4) is 0 Å². The average Bonchev–Trinajstić information content (AvgIpc) is 1.65. The molecule has 56 valence electrons. The van der Waals surface area contributed by atoms with Crippen LogP contribution in [0.3, 0.4) is 0 Å². The maximum absolute atomic E-state index is 10.7. The van der Waals surface area contributed by atoms with E-state index in [4.69, 9.17) is 0 Å². The molecule has 0 saturated carbocycles. The predicted molar refractivity (Wildman–Crippen MR) is 34.4 cm³/mol. The Morgan fingerprint density at radius 3 is 2.22 bits per heavy atom. The molecular weight excluding hydrogens is 139 g/mol. The van der Waals surface area contributed by atoms with Crippen molar-refractivity contribution in [3.05, 3.63) is 0 Å². The van der Waals surface area contributed by atoms with Gasteiger partial charge in [0.15, 0.2) is 0 Å². The molecule has 1 atom stereocenters. The third kappa shape index (κ3) is 2.99. The van der Waals surface area contributed by atoms with E-state index >= 15 is 0 Å². The van der Waals surface area contributed by atoms with Gasteiger partial charge in [-0.25, -0.2) is 0 Å². The van der Waals surface area contributed by atoms with Crippen molar-refractivity contribution in [1.82, 2.24) is 0 Å². The van der Waals surface area contributed by atoms with Gasteiger partial charge in [-0.3, -0.25) is 0 Å². The molecule has 3 nitrogen and oxygen atoms in total. The minimum absolute atomic E-state index is 0.235. The lowest BCUT2D eigenvalue weighted by atomic mass is 10.6. The van der Waals surface area contributed by atoms with E-state index in [0.29, 0.717) is 0 Å². The van der Waals surface area contributed by atoms with E-state index in [1.54, 1.807) is 20.8 Å². The third-order valence-electron chi connectivity index (χ3n) is 0.941. The highest BCUT2D eigenvalue weighted by atomic mass is 31.2. The molecular formula is C5H12O3P-. The average molecular weight is 151 g/mol. The van der Waals surface area contributed by atoms with Gasteiger partial charge in [0, 0.05) is 5.66 Å². The summed E-state index contributed by atoms with van der Waals surface area (Å²) in [7, 11) is -3.51. The zero-order valence-corrected chi connectivity index (χ0v) is 6.85. The second-order valence-corrected chi connectivity index (χ2v) is 4.42. The van der Waals surface area contributed by atoms with Crippen LogP contribution in [-0.2, 0) is 9.09 Å². The van der Waals surface area contributed by atoms with Crippen molar-refractivity contribution in [2.75, 3.05) is 6.61 Å². The molecule has 0 saturated heterocycles. The van der Waals surface area contributed by atoms with Crippen molar-refractivity contribution in [3.63, 3.8) is 0 Å². The lowest BCUT2D eigenvalue weighted by molar-refractivity contribution is -0.200. The van der Waals surface area contributed by atoms with E-state index in [2.05, 4.69) is 4.52 Å². The summed E-state index contributed by atoms with van der Waals surface area (Å²) in [6.45, 7) is 5.10. The maximum Gasteiger partial charge on any atom is 0.137 e. The van der Waals surface area contributed by atoms with E-state index in [0.717, 1.165) is 0 Å². The van der Waals surface area contributed by atoms with Gasteiger partial charge in [0.05, 0.1) is 6.61 Å². The fourth-order valence-electron chi connectivity index (χ4n) is 0.329. The molecule has 0 aliphatic rings. The van der Waals surface area contributed by atoms with Gasteiger partial charge in [-0.1, -0.05) is 13.8 Å². The van der Waals surface area contributed by atoms with Crippen molar-refractivity contribution < 1.29 is 14.0 Å². The van der Waals surface area contributed by atoms with Crippen molar-refractivity contribution in [2.24, 2.45) is 0 Å². The van der Waals surface area contributed by atoms with Crippen molar-refractivity contribution >= 4 is 7.60 Å². The van der Waals surface area contributed by atoms with Crippen LogP contribution in [0.15, 0.2) is 0 Å². The quantitative estimate of drug-likeness (QED) is 0.565. The summed E-state index contributed by atoms with van der Waals surface area (Å²) in [6.07, 6.45) is 0. The number of rotatable bonds is 3. The second-order valence-electron chi connectivity index (χ2n) is 2.05. The molecule has 0 aliphatic carbocycles. The first kappa shape index (κ1) is 9.15.